The normalized spacial score (nSPS) is 12.4. The van der Waals surface area contributed by atoms with Crippen LogP contribution in [0.4, 0.5) is 0 Å². The maximum atomic E-state index is 12.1. The van der Waals surface area contributed by atoms with Crippen LogP contribution in [0.1, 0.15) is 37.2 Å². The van der Waals surface area contributed by atoms with Crippen LogP contribution in [0.3, 0.4) is 0 Å². The second-order valence-corrected chi connectivity index (χ2v) is 6.09. The third kappa shape index (κ3) is 6.05. The molecule has 0 aliphatic rings. The fourth-order valence-corrected chi connectivity index (χ4v) is 2.42. The lowest BCUT2D eigenvalue weighted by Crippen LogP contribution is -2.35. The van der Waals surface area contributed by atoms with E-state index >= 15 is 0 Å². The number of rotatable bonds is 9. The third-order valence-corrected chi connectivity index (χ3v) is 4.13. The van der Waals surface area contributed by atoms with E-state index in [2.05, 4.69) is 9.88 Å². The van der Waals surface area contributed by atoms with Gasteiger partial charge in [-0.1, -0.05) is 6.92 Å². The van der Waals surface area contributed by atoms with Crippen molar-refractivity contribution in [3.63, 3.8) is 0 Å². The predicted octanol–water partition coefficient (Wildman–Crippen LogP) is 2.12. The van der Waals surface area contributed by atoms with Gasteiger partial charge in [0.1, 0.15) is 11.6 Å². The van der Waals surface area contributed by atoms with Gasteiger partial charge in [0.2, 0.25) is 0 Å². The van der Waals surface area contributed by atoms with E-state index in [-0.39, 0.29) is 17.5 Å². The first kappa shape index (κ1) is 21.5. The maximum Gasteiger partial charge on any atom is 0.349 e. The molecule has 1 heterocycles. The number of carbonyl (C=O) groups is 2. The van der Waals surface area contributed by atoms with Crippen molar-refractivity contribution >= 4 is 18.0 Å². The van der Waals surface area contributed by atoms with Crippen molar-refractivity contribution in [2.45, 2.75) is 46.7 Å². The molecule has 1 atom stereocenters. The molecule has 0 aliphatic heterocycles. The molecule has 0 unspecified atom stereocenters. The van der Waals surface area contributed by atoms with Crippen LogP contribution in [0.2, 0.25) is 0 Å². The Morgan fingerprint density at radius 2 is 2.12 bits per heavy atom. The molecule has 0 bridgehead atoms. The second kappa shape index (κ2) is 10.4. The SMILES string of the molecule is CC[C@@H](C)NC(=O)COC(=O)/C(C#N)=C/c1cc(C)n(CCOC)c1C. The summed E-state index contributed by atoms with van der Waals surface area (Å²) in [6, 6.07) is 3.74. The molecule has 0 fully saturated rings. The molecule has 1 rings (SSSR count). The lowest BCUT2D eigenvalue weighted by atomic mass is 10.1. The number of aromatic nitrogens is 1. The van der Waals surface area contributed by atoms with Crippen molar-refractivity contribution in [3.05, 3.63) is 28.6 Å². The van der Waals surface area contributed by atoms with Crippen LogP contribution in [-0.4, -0.2) is 42.8 Å². The molecule has 0 saturated heterocycles. The van der Waals surface area contributed by atoms with Crippen LogP contribution in [0, 0.1) is 25.2 Å². The number of esters is 1. The molecule has 26 heavy (non-hydrogen) atoms. The number of nitriles is 1. The highest BCUT2D eigenvalue weighted by Crippen LogP contribution is 2.18. The fourth-order valence-electron chi connectivity index (χ4n) is 2.42. The molecule has 0 aromatic carbocycles. The van der Waals surface area contributed by atoms with Gasteiger partial charge >= 0.3 is 5.97 Å². The van der Waals surface area contributed by atoms with E-state index in [0.29, 0.717) is 13.2 Å². The van der Waals surface area contributed by atoms with Crippen LogP contribution in [0.15, 0.2) is 11.6 Å². The van der Waals surface area contributed by atoms with E-state index in [1.165, 1.54) is 6.08 Å². The zero-order valence-electron chi connectivity index (χ0n) is 16.1. The van der Waals surface area contributed by atoms with Gasteiger partial charge in [0.05, 0.1) is 6.61 Å². The lowest BCUT2D eigenvalue weighted by Gasteiger charge is -2.11. The largest absolute Gasteiger partial charge is 0.451 e. The number of methoxy groups -OCH3 is 1. The second-order valence-electron chi connectivity index (χ2n) is 6.09. The number of hydrogen-bond donors (Lipinski definition) is 1. The van der Waals surface area contributed by atoms with Gasteiger partial charge in [0, 0.05) is 31.1 Å². The highest BCUT2D eigenvalue weighted by molar-refractivity contribution is 5.99. The van der Waals surface area contributed by atoms with E-state index in [4.69, 9.17) is 9.47 Å². The third-order valence-electron chi connectivity index (χ3n) is 4.13. The average molecular weight is 361 g/mol. The quantitative estimate of drug-likeness (QED) is 0.413. The standard InChI is InChI=1S/C19H27N3O4/c1-6-13(2)21-18(23)12-26-19(24)17(11-20)10-16-9-14(3)22(15(16)4)7-8-25-5/h9-10,13H,6-8,12H2,1-5H3,(H,21,23)/b17-10+/t13-/m1/s1. The van der Waals surface area contributed by atoms with Crippen molar-refractivity contribution in [3.8, 4) is 6.07 Å². The number of amides is 1. The molecule has 142 valence electrons. The Kier molecular flexibility index (Phi) is 8.59. The molecule has 7 heteroatoms. The summed E-state index contributed by atoms with van der Waals surface area (Å²) in [6.45, 7) is 8.51. The first-order valence-corrected chi connectivity index (χ1v) is 8.57. The van der Waals surface area contributed by atoms with Crippen LogP contribution in [0.5, 0.6) is 0 Å². The summed E-state index contributed by atoms with van der Waals surface area (Å²) in [5.41, 5.74) is 2.54. The number of nitrogens with one attached hydrogen (secondary N) is 1. The molecule has 0 aliphatic carbocycles. The summed E-state index contributed by atoms with van der Waals surface area (Å²) < 4.78 is 12.1. The summed E-state index contributed by atoms with van der Waals surface area (Å²) >= 11 is 0. The molecule has 7 nitrogen and oxygen atoms in total. The Morgan fingerprint density at radius 1 is 1.42 bits per heavy atom. The van der Waals surface area contributed by atoms with Gasteiger partial charge < -0.3 is 19.4 Å². The summed E-state index contributed by atoms with van der Waals surface area (Å²) in [6.07, 6.45) is 2.27. The van der Waals surface area contributed by atoms with Crippen molar-refractivity contribution in [2.24, 2.45) is 0 Å². The molecule has 0 saturated carbocycles. The Bertz CT molecular complexity index is 713. The molecular formula is C19H27N3O4. The molecular weight excluding hydrogens is 334 g/mol. The molecule has 1 aromatic heterocycles. The van der Waals surface area contributed by atoms with E-state index in [1.807, 2.05) is 39.8 Å². The van der Waals surface area contributed by atoms with Gasteiger partial charge in [-0.05, 0) is 44.9 Å². The molecule has 1 N–H and O–H groups in total. The minimum absolute atomic E-state index is 0.00433. The van der Waals surface area contributed by atoms with Crippen molar-refractivity contribution in [1.82, 2.24) is 9.88 Å². The summed E-state index contributed by atoms with van der Waals surface area (Å²) in [5, 5.41) is 12.0. The van der Waals surface area contributed by atoms with Crippen LogP contribution in [-0.2, 0) is 25.6 Å². The Balaban J connectivity index is 2.83. The monoisotopic (exact) mass is 361 g/mol. The first-order valence-electron chi connectivity index (χ1n) is 8.57. The van der Waals surface area contributed by atoms with Crippen molar-refractivity contribution in [2.75, 3.05) is 20.3 Å². The number of aryl methyl sites for hydroxylation is 1. The first-order chi connectivity index (χ1) is 12.3. The minimum Gasteiger partial charge on any atom is -0.451 e. The Hall–Kier alpha value is -2.59. The zero-order valence-corrected chi connectivity index (χ0v) is 16.1. The van der Waals surface area contributed by atoms with Crippen LogP contribution in [0.25, 0.3) is 6.08 Å². The summed E-state index contributed by atoms with van der Waals surface area (Å²) in [7, 11) is 1.64. The minimum atomic E-state index is -0.812. The maximum absolute atomic E-state index is 12.1. The summed E-state index contributed by atoms with van der Waals surface area (Å²) in [5.74, 6) is -1.20. The van der Waals surface area contributed by atoms with Gasteiger partial charge in [0.15, 0.2) is 6.61 Å². The smallest absolute Gasteiger partial charge is 0.349 e. The highest BCUT2D eigenvalue weighted by atomic mass is 16.5. The van der Waals surface area contributed by atoms with Gasteiger partial charge in [0.25, 0.3) is 5.91 Å². The van der Waals surface area contributed by atoms with Gasteiger partial charge in [-0.2, -0.15) is 5.26 Å². The average Bonchev–Trinajstić information content (AvgIpc) is 2.88. The number of carbonyl (C=O) groups excluding carboxylic acids is 2. The molecule has 0 spiro atoms. The van der Waals surface area contributed by atoms with Gasteiger partial charge in [-0.15, -0.1) is 0 Å². The molecule has 1 amide bonds. The lowest BCUT2D eigenvalue weighted by molar-refractivity contribution is -0.144. The van der Waals surface area contributed by atoms with Gasteiger partial charge in [-0.25, -0.2) is 4.79 Å². The van der Waals surface area contributed by atoms with E-state index in [9.17, 15) is 14.9 Å². The predicted molar refractivity (Wildman–Crippen MR) is 98.2 cm³/mol. The van der Waals surface area contributed by atoms with E-state index in [0.717, 1.165) is 23.4 Å². The molecule has 0 radical (unpaired) electrons. The fraction of sp³-hybridized carbons (Fsp3) is 0.526. The molecule has 1 aromatic rings. The van der Waals surface area contributed by atoms with E-state index in [1.54, 1.807) is 7.11 Å². The highest BCUT2D eigenvalue weighted by Gasteiger charge is 2.16. The Morgan fingerprint density at radius 3 is 2.69 bits per heavy atom. The Labute approximate surface area is 154 Å². The van der Waals surface area contributed by atoms with Crippen LogP contribution >= 0.6 is 0 Å². The van der Waals surface area contributed by atoms with Gasteiger partial charge in [-0.3, -0.25) is 4.79 Å². The number of hydrogen-bond acceptors (Lipinski definition) is 5. The van der Waals surface area contributed by atoms with Crippen molar-refractivity contribution < 1.29 is 19.1 Å². The van der Waals surface area contributed by atoms with Crippen molar-refractivity contribution in [1.29, 1.82) is 5.26 Å². The van der Waals surface area contributed by atoms with E-state index < -0.39 is 12.6 Å². The number of nitrogens with zero attached hydrogens (tertiary/aromatic N) is 2. The number of ether oxygens (including phenoxy) is 2. The summed E-state index contributed by atoms with van der Waals surface area (Å²) in [4.78, 5) is 23.8. The van der Waals surface area contributed by atoms with Crippen LogP contribution < -0.4 is 5.32 Å². The zero-order chi connectivity index (χ0) is 19.7. The topological polar surface area (TPSA) is 93.4 Å².